The Labute approximate surface area is 123 Å². The normalized spacial score (nSPS) is 11.7. The number of carbonyl (C=O) groups is 1. The van der Waals surface area contributed by atoms with E-state index in [1.165, 1.54) is 6.07 Å². The SMILES string of the molecule is CC(C)N(C)CCCn1c(=O)[nH]c2ccc(C(=O)O)cc21. The molecule has 6 heteroatoms. The Kier molecular flexibility index (Phi) is 4.47. The summed E-state index contributed by atoms with van der Waals surface area (Å²) in [6.45, 7) is 5.70. The molecular weight excluding hydrogens is 270 g/mol. The lowest BCUT2D eigenvalue weighted by Crippen LogP contribution is -2.28. The fourth-order valence-electron chi connectivity index (χ4n) is 2.24. The van der Waals surface area contributed by atoms with Crippen molar-refractivity contribution in [1.82, 2.24) is 14.5 Å². The third-order valence-corrected chi connectivity index (χ3v) is 3.80. The Morgan fingerprint density at radius 1 is 1.43 bits per heavy atom. The number of benzene rings is 1. The number of hydrogen-bond donors (Lipinski definition) is 2. The van der Waals surface area contributed by atoms with Gasteiger partial charge in [-0.25, -0.2) is 9.59 Å². The number of H-pyrrole nitrogens is 1. The average Bonchev–Trinajstić information content (AvgIpc) is 2.73. The molecule has 0 fully saturated rings. The third-order valence-electron chi connectivity index (χ3n) is 3.80. The number of carboxylic acids is 1. The Bertz CT molecular complexity index is 700. The summed E-state index contributed by atoms with van der Waals surface area (Å²) in [5, 5.41) is 9.05. The summed E-state index contributed by atoms with van der Waals surface area (Å²) < 4.78 is 1.61. The highest BCUT2D eigenvalue weighted by molar-refractivity contribution is 5.92. The molecule has 0 saturated carbocycles. The van der Waals surface area contributed by atoms with Crippen LogP contribution in [0.4, 0.5) is 0 Å². The number of hydrogen-bond acceptors (Lipinski definition) is 3. The van der Waals surface area contributed by atoms with E-state index in [9.17, 15) is 9.59 Å². The predicted molar refractivity (Wildman–Crippen MR) is 81.9 cm³/mol. The van der Waals surface area contributed by atoms with Gasteiger partial charge in [0.2, 0.25) is 0 Å². The largest absolute Gasteiger partial charge is 0.478 e. The summed E-state index contributed by atoms with van der Waals surface area (Å²) in [6.07, 6.45) is 0.832. The van der Waals surface area contributed by atoms with E-state index in [0.29, 0.717) is 23.6 Å². The minimum Gasteiger partial charge on any atom is -0.478 e. The zero-order chi connectivity index (χ0) is 15.6. The Morgan fingerprint density at radius 3 is 2.76 bits per heavy atom. The van der Waals surface area contributed by atoms with Crippen LogP contribution >= 0.6 is 0 Å². The van der Waals surface area contributed by atoms with E-state index in [4.69, 9.17) is 5.11 Å². The number of aryl methyl sites for hydroxylation is 1. The summed E-state index contributed by atoms with van der Waals surface area (Å²) in [4.78, 5) is 28.0. The summed E-state index contributed by atoms with van der Waals surface area (Å²) in [6, 6.07) is 5.14. The molecule has 0 spiro atoms. The molecule has 6 nitrogen and oxygen atoms in total. The van der Waals surface area contributed by atoms with Gasteiger partial charge in [0, 0.05) is 12.6 Å². The van der Waals surface area contributed by atoms with Gasteiger partial charge in [0.1, 0.15) is 0 Å². The number of imidazole rings is 1. The zero-order valence-electron chi connectivity index (χ0n) is 12.6. The van der Waals surface area contributed by atoms with Crippen LogP contribution < -0.4 is 5.69 Å². The molecule has 0 bridgehead atoms. The smallest absolute Gasteiger partial charge is 0.335 e. The Balaban J connectivity index is 2.22. The fourth-order valence-corrected chi connectivity index (χ4v) is 2.24. The molecule has 114 valence electrons. The molecule has 21 heavy (non-hydrogen) atoms. The molecule has 2 N–H and O–H groups in total. The van der Waals surface area contributed by atoms with Gasteiger partial charge in [-0.2, -0.15) is 0 Å². The van der Waals surface area contributed by atoms with E-state index in [2.05, 4.69) is 23.7 Å². The maximum Gasteiger partial charge on any atom is 0.335 e. The number of aromatic amines is 1. The third kappa shape index (κ3) is 3.33. The van der Waals surface area contributed by atoms with Gasteiger partial charge in [-0.05, 0) is 52.1 Å². The topological polar surface area (TPSA) is 78.3 Å². The summed E-state index contributed by atoms with van der Waals surface area (Å²) in [7, 11) is 2.05. The van der Waals surface area contributed by atoms with E-state index < -0.39 is 5.97 Å². The molecule has 0 aliphatic rings. The molecule has 0 radical (unpaired) electrons. The molecule has 1 aromatic heterocycles. The number of aromatic nitrogens is 2. The molecule has 1 heterocycles. The number of nitrogens with one attached hydrogen (secondary N) is 1. The van der Waals surface area contributed by atoms with E-state index >= 15 is 0 Å². The first-order valence-corrected chi connectivity index (χ1v) is 7.06. The molecule has 2 rings (SSSR count). The summed E-state index contributed by atoms with van der Waals surface area (Å²) >= 11 is 0. The molecule has 0 amide bonds. The lowest BCUT2D eigenvalue weighted by molar-refractivity contribution is 0.0697. The minimum atomic E-state index is -0.989. The van der Waals surface area contributed by atoms with Crippen molar-refractivity contribution in [2.75, 3.05) is 13.6 Å². The minimum absolute atomic E-state index is 0.189. The van der Waals surface area contributed by atoms with Crippen LogP contribution in [0.1, 0.15) is 30.6 Å². The second-order valence-corrected chi connectivity index (χ2v) is 5.55. The number of nitrogens with zero attached hydrogens (tertiary/aromatic N) is 2. The van der Waals surface area contributed by atoms with Crippen molar-refractivity contribution >= 4 is 17.0 Å². The molecule has 0 unspecified atom stereocenters. The second kappa shape index (κ2) is 6.13. The number of aromatic carboxylic acids is 1. The Morgan fingerprint density at radius 2 is 2.14 bits per heavy atom. The Hall–Kier alpha value is -2.08. The van der Waals surface area contributed by atoms with Gasteiger partial charge in [0.05, 0.1) is 16.6 Å². The lowest BCUT2D eigenvalue weighted by atomic mass is 10.2. The molecule has 0 aliphatic carbocycles. The number of rotatable bonds is 6. The van der Waals surface area contributed by atoms with Gasteiger partial charge < -0.3 is 15.0 Å². The molecule has 2 aromatic rings. The predicted octanol–water partition coefficient (Wildman–Crippen LogP) is 1.76. The van der Waals surface area contributed by atoms with Crippen molar-refractivity contribution in [2.24, 2.45) is 0 Å². The van der Waals surface area contributed by atoms with Crippen LogP contribution in [0.3, 0.4) is 0 Å². The van der Waals surface area contributed by atoms with E-state index in [0.717, 1.165) is 13.0 Å². The molecule has 0 atom stereocenters. The van der Waals surface area contributed by atoms with Crippen LogP contribution in [0, 0.1) is 0 Å². The molecule has 0 aliphatic heterocycles. The molecule has 0 saturated heterocycles. The first-order valence-electron chi connectivity index (χ1n) is 7.06. The van der Waals surface area contributed by atoms with E-state index in [1.54, 1.807) is 16.7 Å². The van der Waals surface area contributed by atoms with Crippen molar-refractivity contribution in [2.45, 2.75) is 32.9 Å². The van der Waals surface area contributed by atoms with Crippen molar-refractivity contribution in [3.63, 3.8) is 0 Å². The van der Waals surface area contributed by atoms with Crippen LogP contribution in [0.2, 0.25) is 0 Å². The maximum absolute atomic E-state index is 12.0. The number of fused-ring (bicyclic) bond motifs is 1. The zero-order valence-corrected chi connectivity index (χ0v) is 12.6. The van der Waals surface area contributed by atoms with E-state index in [1.807, 2.05) is 7.05 Å². The van der Waals surface area contributed by atoms with Crippen molar-refractivity contribution in [3.05, 3.63) is 34.2 Å². The van der Waals surface area contributed by atoms with Crippen LogP contribution in [0.15, 0.2) is 23.0 Å². The molecule has 1 aromatic carbocycles. The van der Waals surface area contributed by atoms with Gasteiger partial charge in [-0.3, -0.25) is 4.57 Å². The van der Waals surface area contributed by atoms with Crippen LogP contribution in [-0.2, 0) is 6.54 Å². The monoisotopic (exact) mass is 291 g/mol. The standard InChI is InChI=1S/C15H21N3O3/c1-10(2)17(3)7-4-8-18-13-9-11(14(19)20)5-6-12(13)16-15(18)21/h5-6,9-10H,4,7-8H2,1-3H3,(H,16,21)(H,19,20). The van der Waals surface area contributed by atoms with E-state index in [-0.39, 0.29) is 11.3 Å². The van der Waals surface area contributed by atoms with Crippen molar-refractivity contribution in [1.29, 1.82) is 0 Å². The van der Waals surface area contributed by atoms with Gasteiger partial charge in [-0.1, -0.05) is 0 Å². The quantitative estimate of drug-likeness (QED) is 0.850. The second-order valence-electron chi connectivity index (χ2n) is 5.55. The van der Waals surface area contributed by atoms with Crippen LogP contribution in [-0.4, -0.2) is 45.2 Å². The van der Waals surface area contributed by atoms with Crippen molar-refractivity contribution < 1.29 is 9.90 Å². The van der Waals surface area contributed by atoms with Gasteiger partial charge >= 0.3 is 11.7 Å². The molecular formula is C15H21N3O3. The lowest BCUT2D eigenvalue weighted by Gasteiger charge is -2.20. The number of carboxylic acid groups (broad SMARTS) is 1. The maximum atomic E-state index is 12.0. The summed E-state index contributed by atoms with van der Waals surface area (Å²) in [5.41, 5.74) is 1.31. The van der Waals surface area contributed by atoms with Gasteiger partial charge in [0.25, 0.3) is 0 Å². The first-order chi connectivity index (χ1) is 9.90. The first kappa shape index (κ1) is 15.3. The highest BCUT2D eigenvalue weighted by Gasteiger charge is 2.11. The van der Waals surface area contributed by atoms with Gasteiger partial charge in [0.15, 0.2) is 0 Å². The average molecular weight is 291 g/mol. The van der Waals surface area contributed by atoms with Crippen LogP contribution in [0.5, 0.6) is 0 Å². The van der Waals surface area contributed by atoms with Crippen LogP contribution in [0.25, 0.3) is 11.0 Å². The summed E-state index contributed by atoms with van der Waals surface area (Å²) in [5.74, 6) is -0.989. The highest BCUT2D eigenvalue weighted by atomic mass is 16.4. The van der Waals surface area contributed by atoms with Gasteiger partial charge in [-0.15, -0.1) is 0 Å². The highest BCUT2D eigenvalue weighted by Crippen LogP contribution is 2.13. The fraction of sp³-hybridized carbons (Fsp3) is 0.467. The van der Waals surface area contributed by atoms with Crippen molar-refractivity contribution in [3.8, 4) is 0 Å².